The van der Waals surface area contributed by atoms with Crippen LogP contribution in [-0.4, -0.2) is 21.7 Å². The Bertz CT molecular complexity index is 387. The van der Waals surface area contributed by atoms with Crippen molar-refractivity contribution in [2.45, 2.75) is 12.8 Å². The lowest BCUT2D eigenvalue weighted by molar-refractivity contribution is -0.0601. The van der Waals surface area contributed by atoms with E-state index < -0.39 is 18.2 Å². The SMILES string of the molecule is Cc1nc(C#N)cnc1C(F)(F)CO. The van der Waals surface area contributed by atoms with E-state index in [2.05, 4.69) is 9.97 Å². The van der Waals surface area contributed by atoms with Gasteiger partial charge < -0.3 is 5.11 Å². The molecule has 0 unspecified atom stereocenters. The second kappa shape index (κ2) is 3.64. The average molecular weight is 199 g/mol. The summed E-state index contributed by atoms with van der Waals surface area (Å²) in [4.78, 5) is 6.99. The van der Waals surface area contributed by atoms with E-state index in [1.165, 1.54) is 6.92 Å². The fourth-order valence-electron chi connectivity index (χ4n) is 0.969. The second-order valence-corrected chi connectivity index (χ2v) is 2.66. The second-order valence-electron chi connectivity index (χ2n) is 2.66. The largest absolute Gasteiger partial charge is 0.390 e. The molecule has 0 spiro atoms. The van der Waals surface area contributed by atoms with E-state index in [0.29, 0.717) is 0 Å². The molecular weight excluding hydrogens is 192 g/mol. The lowest BCUT2D eigenvalue weighted by Crippen LogP contribution is -2.22. The third-order valence-corrected chi connectivity index (χ3v) is 1.61. The highest BCUT2D eigenvalue weighted by Gasteiger charge is 2.34. The Balaban J connectivity index is 3.20. The Morgan fingerprint density at radius 1 is 1.64 bits per heavy atom. The Kier molecular flexibility index (Phi) is 2.72. The predicted octanol–water partition coefficient (Wildman–Crippen LogP) is 0.741. The Morgan fingerprint density at radius 2 is 2.29 bits per heavy atom. The van der Waals surface area contributed by atoms with E-state index in [-0.39, 0.29) is 11.4 Å². The maximum atomic E-state index is 12.9. The molecule has 0 aliphatic heterocycles. The van der Waals surface area contributed by atoms with Crippen LogP contribution in [0.3, 0.4) is 0 Å². The van der Waals surface area contributed by atoms with Gasteiger partial charge in [-0.15, -0.1) is 0 Å². The summed E-state index contributed by atoms with van der Waals surface area (Å²) in [6.07, 6.45) is 0.950. The van der Waals surface area contributed by atoms with Crippen LogP contribution in [0.25, 0.3) is 0 Å². The maximum absolute atomic E-state index is 12.9. The number of rotatable bonds is 2. The molecule has 0 saturated carbocycles. The Morgan fingerprint density at radius 3 is 2.71 bits per heavy atom. The van der Waals surface area contributed by atoms with Gasteiger partial charge in [-0.3, -0.25) is 0 Å². The first-order chi connectivity index (χ1) is 6.51. The first kappa shape index (κ1) is 10.5. The van der Waals surface area contributed by atoms with E-state index in [1.807, 2.05) is 0 Å². The molecule has 0 saturated heterocycles. The van der Waals surface area contributed by atoms with E-state index in [1.54, 1.807) is 6.07 Å². The summed E-state index contributed by atoms with van der Waals surface area (Å²) in [6, 6.07) is 1.68. The summed E-state index contributed by atoms with van der Waals surface area (Å²) < 4.78 is 25.9. The number of aliphatic hydroxyl groups is 1. The Labute approximate surface area is 78.8 Å². The van der Waals surface area contributed by atoms with Crippen LogP contribution in [0.4, 0.5) is 8.78 Å². The number of nitriles is 1. The number of hydrogen-bond acceptors (Lipinski definition) is 4. The molecule has 1 N–H and O–H groups in total. The van der Waals surface area contributed by atoms with Gasteiger partial charge in [-0.1, -0.05) is 0 Å². The van der Waals surface area contributed by atoms with Crippen molar-refractivity contribution in [2.75, 3.05) is 6.61 Å². The molecule has 0 bridgehead atoms. The van der Waals surface area contributed by atoms with Gasteiger partial charge in [0, 0.05) is 0 Å². The Hall–Kier alpha value is -1.61. The van der Waals surface area contributed by atoms with Crippen molar-refractivity contribution < 1.29 is 13.9 Å². The molecule has 0 fully saturated rings. The molecule has 0 atom stereocenters. The minimum absolute atomic E-state index is 0.0278. The van der Waals surface area contributed by atoms with E-state index in [9.17, 15) is 8.78 Å². The molecule has 6 heteroatoms. The standard InChI is InChI=1S/C8H7F2N3O/c1-5-7(8(9,10)4-14)12-3-6(2-11)13-5/h3,14H,4H2,1H3. The monoisotopic (exact) mass is 199 g/mol. The van der Waals surface area contributed by atoms with E-state index >= 15 is 0 Å². The summed E-state index contributed by atoms with van der Waals surface area (Å²) >= 11 is 0. The van der Waals surface area contributed by atoms with Gasteiger partial charge in [0.1, 0.15) is 18.4 Å². The topological polar surface area (TPSA) is 69.8 Å². The summed E-state index contributed by atoms with van der Waals surface area (Å²) in [7, 11) is 0. The summed E-state index contributed by atoms with van der Waals surface area (Å²) in [5.74, 6) is -3.41. The van der Waals surface area contributed by atoms with Gasteiger partial charge in [0.25, 0.3) is 0 Å². The van der Waals surface area contributed by atoms with Crippen LogP contribution in [0.15, 0.2) is 6.20 Å². The molecule has 0 amide bonds. The molecule has 0 radical (unpaired) electrons. The molecule has 0 aliphatic rings. The van der Waals surface area contributed by atoms with Crippen LogP contribution in [0.5, 0.6) is 0 Å². The highest BCUT2D eigenvalue weighted by atomic mass is 19.3. The quantitative estimate of drug-likeness (QED) is 0.762. The van der Waals surface area contributed by atoms with Gasteiger partial charge in [0.15, 0.2) is 5.69 Å². The average Bonchev–Trinajstić information content (AvgIpc) is 2.17. The van der Waals surface area contributed by atoms with Crippen molar-refractivity contribution in [1.29, 1.82) is 5.26 Å². The third kappa shape index (κ3) is 1.83. The van der Waals surface area contributed by atoms with Crippen molar-refractivity contribution in [3.8, 4) is 6.07 Å². The van der Waals surface area contributed by atoms with Crippen LogP contribution in [0.1, 0.15) is 17.1 Å². The van der Waals surface area contributed by atoms with E-state index in [4.69, 9.17) is 10.4 Å². The number of nitrogens with zero attached hydrogens (tertiary/aromatic N) is 3. The third-order valence-electron chi connectivity index (χ3n) is 1.61. The molecule has 4 nitrogen and oxygen atoms in total. The number of alkyl halides is 2. The molecule has 1 aromatic heterocycles. The maximum Gasteiger partial charge on any atom is 0.313 e. The highest BCUT2D eigenvalue weighted by molar-refractivity contribution is 5.23. The predicted molar refractivity (Wildman–Crippen MR) is 42.5 cm³/mol. The van der Waals surface area contributed by atoms with Crippen LogP contribution < -0.4 is 0 Å². The van der Waals surface area contributed by atoms with Crippen LogP contribution >= 0.6 is 0 Å². The molecule has 0 aliphatic carbocycles. The minimum Gasteiger partial charge on any atom is -0.390 e. The fraction of sp³-hybridized carbons (Fsp3) is 0.375. The van der Waals surface area contributed by atoms with Crippen LogP contribution in [-0.2, 0) is 5.92 Å². The van der Waals surface area contributed by atoms with Gasteiger partial charge in [-0.2, -0.15) is 14.0 Å². The number of aromatic nitrogens is 2. The van der Waals surface area contributed by atoms with Gasteiger partial charge in [-0.25, -0.2) is 9.97 Å². The van der Waals surface area contributed by atoms with Gasteiger partial charge in [0.05, 0.1) is 11.9 Å². The summed E-state index contributed by atoms with van der Waals surface area (Å²) in [6.45, 7) is -0.0127. The summed E-state index contributed by atoms with van der Waals surface area (Å²) in [5, 5.41) is 16.8. The minimum atomic E-state index is -3.41. The van der Waals surface area contributed by atoms with Crippen molar-refractivity contribution in [3.63, 3.8) is 0 Å². The number of aliphatic hydroxyl groups excluding tert-OH is 1. The zero-order valence-electron chi connectivity index (χ0n) is 7.33. The highest BCUT2D eigenvalue weighted by Crippen LogP contribution is 2.26. The van der Waals surface area contributed by atoms with Gasteiger partial charge in [0.2, 0.25) is 0 Å². The lowest BCUT2D eigenvalue weighted by Gasteiger charge is -2.13. The van der Waals surface area contributed by atoms with Crippen molar-refractivity contribution >= 4 is 0 Å². The van der Waals surface area contributed by atoms with Crippen LogP contribution in [0, 0.1) is 18.3 Å². The molecule has 14 heavy (non-hydrogen) atoms. The zero-order valence-corrected chi connectivity index (χ0v) is 7.33. The molecule has 74 valence electrons. The first-order valence-electron chi connectivity index (χ1n) is 3.74. The lowest BCUT2D eigenvalue weighted by atomic mass is 10.2. The normalized spacial score (nSPS) is 11.1. The summed E-state index contributed by atoms with van der Waals surface area (Å²) in [5.41, 5.74) is -0.679. The molecule has 1 rings (SSSR count). The van der Waals surface area contributed by atoms with E-state index in [0.717, 1.165) is 6.20 Å². The first-order valence-corrected chi connectivity index (χ1v) is 3.74. The fourth-order valence-corrected chi connectivity index (χ4v) is 0.969. The molecule has 0 aromatic carbocycles. The van der Waals surface area contributed by atoms with Crippen molar-refractivity contribution in [1.82, 2.24) is 9.97 Å². The molecule has 1 heterocycles. The number of halogens is 2. The van der Waals surface area contributed by atoms with Crippen molar-refractivity contribution in [3.05, 3.63) is 23.3 Å². The van der Waals surface area contributed by atoms with Crippen LogP contribution in [0.2, 0.25) is 0 Å². The van der Waals surface area contributed by atoms with Gasteiger partial charge >= 0.3 is 5.92 Å². The number of hydrogen-bond donors (Lipinski definition) is 1. The number of aryl methyl sites for hydroxylation is 1. The molecular formula is C8H7F2N3O. The van der Waals surface area contributed by atoms with Crippen molar-refractivity contribution in [2.24, 2.45) is 0 Å². The molecule has 1 aromatic rings. The zero-order chi connectivity index (χ0) is 10.8. The smallest absolute Gasteiger partial charge is 0.313 e. The van der Waals surface area contributed by atoms with Gasteiger partial charge in [-0.05, 0) is 6.92 Å².